The zero-order chi connectivity index (χ0) is 49.2. The van der Waals surface area contributed by atoms with Gasteiger partial charge in [-0.15, -0.1) is 0 Å². The second-order valence-electron chi connectivity index (χ2n) is 21.4. The van der Waals surface area contributed by atoms with Crippen molar-refractivity contribution in [1.29, 1.82) is 0 Å². The first kappa shape index (κ1) is 66.0. The van der Waals surface area contributed by atoms with Crippen LogP contribution in [-0.2, 0) is 18.4 Å². The van der Waals surface area contributed by atoms with E-state index >= 15 is 0 Å². The summed E-state index contributed by atoms with van der Waals surface area (Å²) in [6.45, 7) is 4.82. The van der Waals surface area contributed by atoms with Gasteiger partial charge in [0.05, 0.1) is 39.9 Å². The number of aliphatic hydroxyl groups excluding tert-OH is 1. The number of aliphatic hydroxyl groups is 1. The summed E-state index contributed by atoms with van der Waals surface area (Å²) in [5.41, 5.74) is 0. The topological polar surface area (TPSA) is 105 Å². The van der Waals surface area contributed by atoms with Crippen LogP contribution in [0.5, 0.6) is 0 Å². The molecule has 0 aromatic heterocycles. The molecule has 0 aromatic rings. The highest BCUT2D eigenvalue weighted by molar-refractivity contribution is 7.47. The van der Waals surface area contributed by atoms with Gasteiger partial charge in [0, 0.05) is 6.42 Å². The minimum atomic E-state index is -4.35. The molecule has 3 atom stereocenters. The lowest BCUT2D eigenvalue weighted by Gasteiger charge is -2.25. The summed E-state index contributed by atoms with van der Waals surface area (Å²) < 4.78 is 23.6. The molecule has 0 rings (SSSR count). The molecule has 8 nitrogen and oxygen atoms in total. The van der Waals surface area contributed by atoms with Crippen LogP contribution < -0.4 is 5.32 Å². The van der Waals surface area contributed by atoms with E-state index in [1.807, 2.05) is 27.2 Å². The summed E-state index contributed by atoms with van der Waals surface area (Å²) in [5, 5.41) is 13.9. The highest BCUT2D eigenvalue weighted by Gasteiger charge is 2.27. The van der Waals surface area contributed by atoms with Gasteiger partial charge in [-0.2, -0.15) is 0 Å². The van der Waals surface area contributed by atoms with Crippen molar-refractivity contribution < 1.29 is 32.9 Å². The van der Waals surface area contributed by atoms with Crippen LogP contribution in [0.25, 0.3) is 0 Å². The van der Waals surface area contributed by atoms with Gasteiger partial charge in [-0.3, -0.25) is 13.8 Å². The molecule has 0 bridgehead atoms. The highest BCUT2D eigenvalue weighted by Crippen LogP contribution is 2.43. The molecule has 0 fully saturated rings. The number of carbonyl (C=O) groups excluding carboxylic acids is 1. The molecule has 0 spiro atoms. The Morgan fingerprint density at radius 3 is 1.19 bits per heavy atom. The molecule has 67 heavy (non-hydrogen) atoms. The van der Waals surface area contributed by atoms with E-state index in [-0.39, 0.29) is 19.1 Å². The maximum absolute atomic E-state index is 13.0. The van der Waals surface area contributed by atoms with Crippen LogP contribution >= 0.6 is 7.82 Å². The largest absolute Gasteiger partial charge is 0.472 e. The number of amides is 1. The molecule has 3 N–H and O–H groups in total. The van der Waals surface area contributed by atoms with Gasteiger partial charge in [0.25, 0.3) is 0 Å². The summed E-state index contributed by atoms with van der Waals surface area (Å²) in [5.74, 6) is -0.181. The number of quaternary nitrogens is 1. The van der Waals surface area contributed by atoms with Crippen molar-refractivity contribution in [3.63, 3.8) is 0 Å². The Balaban J connectivity index is 4.03. The van der Waals surface area contributed by atoms with Gasteiger partial charge in [0.2, 0.25) is 5.91 Å². The van der Waals surface area contributed by atoms with Gasteiger partial charge in [0.15, 0.2) is 0 Å². The first-order chi connectivity index (χ1) is 32.5. The normalized spacial score (nSPS) is 14.1. The molecule has 9 heteroatoms. The van der Waals surface area contributed by atoms with Crippen molar-refractivity contribution in [3.8, 4) is 0 Å². The van der Waals surface area contributed by atoms with Gasteiger partial charge in [-0.25, -0.2) is 4.57 Å². The smallest absolute Gasteiger partial charge is 0.387 e. The molecule has 0 saturated heterocycles. The molecule has 0 aliphatic rings. The van der Waals surface area contributed by atoms with E-state index in [1.165, 1.54) is 231 Å². The zero-order valence-electron chi connectivity index (χ0n) is 45.4. The maximum atomic E-state index is 13.0. The van der Waals surface area contributed by atoms with Crippen LogP contribution in [0.2, 0.25) is 0 Å². The molecule has 398 valence electrons. The predicted molar refractivity (Wildman–Crippen MR) is 291 cm³/mol. The Kier molecular flexibility index (Phi) is 49.2. The van der Waals surface area contributed by atoms with Crippen molar-refractivity contribution >= 4 is 13.7 Å². The van der Waals surface area contributed by atoms with Crippen LogP contribution in [0.1, 0.15) is 290 Å². The summed E-state index contributed by atoms with van der Waals surface area (Å²) >= 11 is 0. The number of likely N-dealkylation sites (N-methyl/N-ethyl adjacent to an activating group) is 1. The number of nitrogens with one attached hydrogen (secondary N) is 1. The highest BCUT2D eigenvalue weighted by atomic mass is 31.2. The van der Waals surface area contributed by atoms with E-state index in [2.05, 4.69) is 31.3 Å². The average Bonchev–Trinajstić information content (AvgIpc) is 3.29. The van der Waals surface area contributed by atoms with Crippen molar-refractivity contribution in [2.75, 3.05) is 40.9 Å². The van der Waals surface area contributed by atoms with Crippen LogP contribution in [0.4, 0.5) is 0 Å². The second kappa shape index (κ2) is 49.9. The number of nitrogens with zero attached hydrogens (tertiary/aromatic N) is 1. The number of phosphoric acid groups is 1. The van der Waals surface area contributed by atoms with Gasteiger partial charge in [-0.05, 0) is 32.1 Å². The van der Waals surface area contributed by atoms with E-state index in [0.717, 1.165) is 38.5 Å². The van der Waals surface area contributed by atoms with Crippen LogP contribution in [0.3, 0.4) is 0 Å². The van der Waals surface area contributed by atoms with Gasteiger partial charge in [-0.1, -0.05) is 276 Å². The lowest BCUT2D eigenvalue weighted by Crippen LogP contribution is -2.45. The minimum absolute atomic E-state index is 0.0586. The average molecular weight is 969 g/mol. The molecule has 3 unspecified atom stereocenters. The van der Waals surface area contributed by atoms with Crippen LogP contribution in [-0.4, -0.2) is 73.4 Å². The molecular weight excluding hydrogens is 852 g/mol. The summed E-state index contributed by atoms with van der Waals surface area (Å²) in [7, 11) is 1.57. The fraction of sp³-hybridized carbons (Fsp3) is 0.914. The van der Waals surface area contributed by atoms with Crippen LogP contribution in [0.15, 0.2) is 24.3 Å². The number of hydrogen-bond donors (Lipinski definition) is 3. The van der Waals surface area contributed by atoms with E-state index in [4.69, 9.17) is 9.05 Å². The first-order valence-corrected chi connectivity index (χ1v) is 30.7. The monoisotopic (exact) mass is 968 g/mol. The van der Waals surface area contributed by atoms with Crippen LogP contribution in [0, 0.1) is 0 Å². The van der Waals surface area contributed by atoms with E-state index in [1.54, 1.807) is 6.08 Å². The quantitative estimate of drug-likeness (QED) is 0.0243. The molecular formula is C58H116N2O6P+. The summed E-state index contributed by atoms with van der Waals surface area (Å²) in [4.78, 5) is 23.2. The fourth-order valence-corrected chi connectivity index (χ4v) is 9.56. The molecule has 0 aliphatic heterocycles. The molecule has 0 aliphatic carbocycles. The fourth-order valence-electron chi connectivity index (χ4n) is 8.83. The Hall–Kier alpha value is -1.02. The Morgan fingerprint density at radius 1 is 0.493 bits per heavy atom. The van der Waals surface area contributed by atoms with Gasteiger partial charge in [0.1, 0.15) is 13.2 Å². The maximum Gasteiger partial charge on any atom is 0.472 e. The Morgan fingerprint density at radius 2 is 0.821 bits per heavy atom. The number of unbranched alkanes of at least 4 members (excludes halogenated alkanes) is 39. The number of carbonyl (C=O) groups is 1. The Labute approximate surface area is 417 Å². The number of hydrogen-bond acceptors (Lipinski definition) is 5. The summed E-state index contributed by atoms with van der Waals surface area (Å²) in [6, 6.07) is -0.859. The number of phosphoric ester groups is 1. The minimum Gasteiger partial charge on any atom is -0.387 e. The molecule has 0 radical (unpaired) electrons. The third-order valence-corrected chi connectivity index (χ3v) is 14.4. The standard InChI is InChI=1S/C58H115N2O6P/c1-6-8-10-12-14-16-18-20-22-23-24-25-26-27-28-29-30-31-32-33-34-35-36-37-38-40-42-44-46-48-50-52-58(62)59-56(55-66-67(63,64)65-54-53-60(3,4)5)57(61)51-49-47-45-43-41-39-21-19-17-15-13-11-9-7-2/h41,43,49,51,56-57,61H,6-40,42,44-48,50,52-55H2,1-5H3,(H-,59,62,63,64)/p+1/b43-41+,51-49+. The van der Waals surface area contributed by atoms with Gasteiger partial charge >= 0.3 is 7.82 Å². The number of rotatable bonds is 54. The number of allylic oxidation sites excluding steroid dienone is 3. The lowest BCUT2D eigenvalue weighted by molar-refractivity contribution is -0.870. The Bertz CT molecular complexity index is 1140. The van der Waals surface area contributed by atoms with Crippen molar-refractivity contribution in [1.82, 2.24) is 5.32 Å². The molecule has 1 amide bonds. The van der Waals surface area contributed by atoms with Crippen molar-refractivity contribution in [3.05, 3.63) is 24.3 Å². The molecule has 0 saturated carbocycles. The molecule has 0 heterocycles. The second-order valence-corrected chi connectivity index (χ2v) is 22.8. The predicted octanol–water partition coefficient (Wildman–Crippen LogP) is 17.6. The summed E-state index contributed by atoms with van der Waals surface area (Å²) in [6.07, 6.45) is 63.0. The first-order valence-electron chi connectivity index (χ1n) is 29.2. The van der Waals surface area contributed by atoms with E-state index in [0.29, 0.717) is 17.4 Å². The van der Waals surface area contributed by atoms with Gasteiger partial charge < -0.3 is 19.8 Å². The van der Waals surface area contributed by atoms with Crippen molar-refractivity contribution in [2.45, 2.75) is 302 Å². The molecule has 0 aromatic carbocycles. The third kappa shape index (κ3) is 52.6. The van der Waals surface area contributed by atoms with Crippen molar-refractivity contribution in [2.24, 2.45) is 0 Å². The van der Waals surface area contributed by atoms with E-state index in [9.17, 15) is 19.4 Å². The lowest BCUT2D eigenvalue weighted by atomic mass is 10.0. The SMILES string of the molecule is CCCCCCCCCC/C=C/CC/C=C/C(O)C(COP(=O)(O)OCC[N+](C)(C)C)NC(=O)CCCCCCCCCCCCCCCCCCCCCCCCCCCCCCCCC. The third-order valence-electron chi connectivity index (χ3n) is 13.4. The van der Waals surface area contributed by atoms with E-state index < -0.39 is 20.0 Å². The zero-order valence-corrected chi connectivity index (χ0v) is 46.3.